The number of fused-ring (bicyclic) bond motifs is 2. The van der Waals surface area contributed by atoms with Gasteiger partial charge in [-0.05, 0) is 23.8 Å². The molecule has 26 heavy (non-hydrogen) atoms. The number of nitrogens with zero attached hydrogens (tertiary/aromatic N) is 2. The number of carbonyl (C=O) groups excluding carboxylic acids is 1. The van der Waals surface area contributed by atoms with Gasteiger partial charge in [0, 0.05) is 18.8 Å². The molecule has 1 N–H and O–H groups in total. The van der Waals surface area contributed by atoms with Crippen molar-refractivity contribution in [1.82, 2.24) is 9.58 Å². The summed E-state index contributed by atoms with van der Waals surface area (Å²) in [7, 11) is 0. The normalized spacial score (nSPS) is 20.8. The van der Waals surface area contributed by atoms with E-state index in [2.05, 4.69) is 19.3 Å². The standard InChI is InChI=1S/C20H23N3O3/c1-20(2)9-11-22-16(12-20)21-23-10-8-15(24)18(17(23)19(22)25)26-13-14-6-4-3-5-7-14/h3-8,10,16,21H,9,11-13H2,1-2H3/t16-/m0/s1. The molecule has 1 saturated heterocycles. The Labute approximate surface area is 152 Å². The maximum absolute atomic E-state index is 13.1. The van der Waals surface area contributed by atoms with E-state index in [1.165, 1.54) is 6.07 Å². The van der Waals surface area contributed by atoms with E-state index < -0.39 is 0 Å². The van der Waals surface area contributed by atoms with Crippen LogP contribution in [0.1, 0.15) is 42.7 Å². The zero-order chi connectivity index (χ0) is 18.3. The van der Waals surface area contributed by atoms with Crippen molar-refractivity contribution in [1.29, 1.82) is 0 Å². The van der Waals surface area contributed by atoms with E-state index in [9.17, 15) is 9.59 Å². The van der Waals surface area contributed by atoms with Crippen LogP contribution in [0.5, 0.6) is 5.75 Å². The molecule has 0 spiro atoms. The second kappa shape index (κ2) is 6.20. The van der Waals surface area contributed by atoms with Crippen LogP contribution in [0.3, 0.4) is 0 Å². The van der Waals surface area contributed by atoms with Crippen molar-refractivity contribution in [2.75, 3.05) is 12.0 Å². The van der Waals surface area contributed by atoms with E-state index in [0.717, 1.165) is 18.4 Å². The fraction of sp³-hybridized carbons (Fsp3) is 0.400. The molecule has 2 aromatic rings. The molecule has 1 fully saturated rings. The first-order valence-electron chi connectivity index (χ1n) is 8.94. The number of hydrogen-bond donors (Lipinski definition) is 1. The van der Waals surface area contributed by atoms with E-state index in [4.69, 9.17) is 4.74 Å². The van der Waals surface area contributed by atoms with Gasteiger partial charge in [-0.1, -0.05) is 44.2 Å². The summed E-state index contributed by atoms with van der Waals surface area (Å²) >= 11 is 0. The fourth-order valence-electron chi connectivity index (χ4n) is 3.67. The lowest BCUT2D eigenvalue weighted by atomic mass is 9.80. The maximum atomic E-state index is 13.1. The second-order valence-corrected chi connectivity index (χ2v) is 7.76. The molecule has 0 aliphatic carbocycles. The molecule has 4 rings (SSSR count). The van der Waals surface area contributed by atoms with Crippen molar-refractivity contribution in [3.05, 3.63) is 64.1 Å². The van der Waals surface area contributed by atoms with Gasteiger partial charge in [0.05, 0.1) is 0 Å². The summed E-state index contributed by atoms with van der Waals surface area (Å²) in [6.07, 6.45) is 3.35. The number of pyridine rings is 1. The molecule has 1 amide bonds. The minimum Gasteiger partial charge on any atom is -0.482 e. The third-order valence-corrected chi connectivity index (χ3v) is 5.18. The topological polar surface area (TPSA) is 63.6 Å². The lowest BCUT2D eigenvalue weighted by molar-refractivity contribution is 0.0393. The lowest BCUT2D eigenvalue weighted by Crippen LogP contribution is -2.58. The van der Waals surface area contributed by atoms with Crippen molar-refractivity contribution in [2.45, 2.75) is 39.5 Å². The van der Waals surface area contributed by atoms with Crippen LogP contribution in [0.15, 0.2) is 47.4 Å². The van der Waals surface area contributed by atoms with Crippen LogP contribution in [0, 0.1) is 5.41 Å². The molecule has 136 valence electrons. The molecular weight excluding hydrogens is 330 g/mol. The van der Waals surface area contributed by atoms with E-state index in [1.54, 1.807) is 10.9 Å². The first-order valence-corrected chi connectivity index (χ1v) is 8.94. The average molecular weight is 353 g/mol. The zero-order valence-electron chi connectivity index (χ0n) is 15.1. The molecule has 1 atom stereocenters. The maximum Gasteiger partial charge on any atom is 0.278 e. The molecule has 0 bridgehead atoms. The van der Waals surface area contributed by atoms with Crippen molar-refractivity contribution in [2.24, 2.45) is 5.41 Å². The van der Waals surface area contributed by atoms with Gasteiger partial charge in [0.15, 0.2) is 11.4 Å². The van der Waals surface area contributed by atoms with Gasteiger partial charge in [0.1, 0.15) is 12.8 Å². The highest BCUT2D eigenvalue weighted by Crippen LogP contribution is 2.36. The third kappa shape index (κ3) is 2.96. The highest BCUT2D eigenvalue weighted by Gasteiger charge is 2.41. The summed E-state index contributed by atoms with van der Waals surface area (Å²) in [4.78, 5) is 27.3. The Bertz CT molecular complexity index is 889. The van der Waals surface area contributed by atoms with Crippen LogP contribution in [0.25, 0.3) is 0 Å². The fourth-order valence-corrected chi connectivity index (χ4v) is 3.67. The minimum absolute atomic E-state index is 0.0665. The van der Waals surface area contributed by atoms with Gasteiger partial charge in [-0.15, -0.1) is 0 Å². The first kappa shape index (κ1) is 16.7. The number of piperidine rings is 1. The molecule has 1 aromatic heterocycles. The van der Waals surface area contributed by atoms with Crippen LogP contribution in [-0.2, 0) is 6.61 Å². The van der Waals surface area contributed by atoms with Crippen LogP contribution in [0.4, 0.5) is 0 Å². The molecule has 0 unspecified atom stereocenters. The summed E-state index contributed by atoms with van der Waals surface area (Å²) < 4.78 is 7.44. The number of rotatable bonds is 3. The van der Waals surface area contributed by atoms with Gasteiger partial charge in [0.25, 0.3) is 5.91 Å². The van der Waals surface area contributed by atoms with Crippen LogP contribution >= 0.6 is 0 Å². The molecule has 3 heterocycles. The Morgan fingerprint density at radius 1 is 1.19 bits per heavy atom. The number of aromatic nitrogens is 1. The number of hydrogen-bond acceptors (Lipinski definition) is 4. The minimum atomic E-state index is -0.280. The summed E-state index contributed by atoms with van der Waals surface area (Å²) in [5.74, 6) is -0.0397. The summed E-state index contributed by atoms with van der Waals surface area (Å²) in [6, 6.07) is 11.0. The monoisotopic (exact) mass is 353 g/mol. The van der Waals surface area contributed by atoms with Crippen molar-refractivity contribution in [3.63, 3.8) is 0 Å². The van der Waals surface area contributed by atoms with E-state index in [0.29, 0.717) is 6.54 Å². The van der Waals surface area contributed by atoms with Crippen molar-refractivity contribution >= 4 is 5.91 Å². The highest BCUT2D eigenvalue weighted by molar-refractivity contribution is 5.96. The highest BCUT2D eigenvalue weighted by atomic mass is 16.5. The van der Waals surface area contributed by atoms with Crippen LogP contribution < -0.4 is 15.6 Å². The number of ether oxygens (including phenoxy) is 1. The van der Waals surface area contributed by atoms with E-state index >= 15 is 0 Å². The van der Waals surface area contributed by atoms with Crippen molar-refractivity contribution < 1.29 is 9.53 Å². The molecule has 2 aliphatic rings. The van der Waals surface area contributed by atoms with Gasteiger partial charge in [0.2, 0.25) is 5.43 Å². The Morgan fingerprint density at radius 3 is 2.73 bits per heavy atom. The lowest BCUT2D eigenvalue weighted by Gasteiger charge is -2.47. The quantitative estimate of drug-likeness (QED) is 0.921. The van der Waals surface area contributed by atoms with Crippen molar-refractivity contribution in [3.8, 4) is 5.75 Å². The van der Waals surface area contributed by atoms with E-state index in [-0.39, 0.29) is 41.0 Å². The molecule has 2 aliphatic heterocycles. The number of amides is 1. The molecule has 0 radical (unpaired) electrons. The first-order chi connectivity index (χ1) is 12.4. The molecule has 6 nitrogen and oxygen atoms in total. The summed E-state index contributed by atoms with van der Waals surface area (Å²) in [6.45, 7) is 5.35. The largest absolute Gasteiger partial charge is 0.482 e. The summed E-state index contributed by atoms with van der Waals surface area (Å²) in [5.41, 5.74) is 4.48. The molecule has 1 aromatic carbocycles. The zero-order valence-corrected chi connectivity index (χ0v) is 15.1. The molecule has 6 heteroatoms. The van der Waals surface area contributed by atoms with Crippen LogP contribution in [0.2, 0.25) is 0 Å². The Balaban J connectivity index is 1.66. The van der Waals surface area contributed by atoms with Gasteiger partial charge >= 0.3 is 0 Å². The summed E-state index contributed by atoms with van der Waals surface area (Å²) in [5, 5.41) is 0. The smallest absolute Gasteiger partial charge is 0.278 e. The Kier molecular flexibility index (Phi) is 3.98. The predicted molar refractivity (Wildman–Crippen MR) is 98.7 cm³/mol. The second-order valence-electron chi connectivity index (χ2n) is 7.76. The van der Waals surface area contributed by atoms with Gasteiger partial charge in [-0.3, -0.25) is 14.3 Å². The number of benzene rings is 1. The average Bonchev–Trinajstić information content (AvgIpc) is 2.61. The SMILES string of the molecule is CC1(C)CCN2C(=O)c3c(OCc4ccccc4)c(=O)ccn3N[C@@H]2C1. The predicted octanol–water partition coefficient (Wildman–Crippen LogP) is 2.57. The molecule has 0 saturated carbocycles. The van der Waals surface area contributed by atoms with Gasteiger partial charge in [-0.25, -0.2) is 0 Å². The Hall–Kier alpha value is -2.76. The van der Waals surface area contributed by atoms with Crippen LogP contribution in [-0.4, -0.2) is 28.2 Å². The number of carbonyl (C=O) groups is 1. The van der Waals surface area contributed by atoms with Gasteiger partial charge in [-0.2, -0.15) is 0 Å². The van der Waals surface area contributed by atoms with Gasteiger partial charge < -0.3 is 15.1 Å². The molecular formula is C20H23N3O3. The number of nitrogens with one attached hydrogen (secondary N) is 1. The Morgan fingerprint density at radius 2 is 1.96 bits per heavy atom. The van der Waals surface area contributed by atoms with E-state index in [1.807, 2.05) is 35.2 Å². The third-order valence-electron chi connectivity index (χ3n) is 5.18.